The minimum Gasteiger partial charge on any atom is -0.508 e. The summed E-state index contributed by atoms with van der Waals surface area (Å²) in [6, 6.07) is 7.15. The average molecular weight is 689 g/mol. The van der Waals surface area contributed by atoms with Crippen LogP contribution >= 0.6 is 0 Å². The van der Waals surface area contributed by atoms with Gasteiger partial charge in [-0.3, -0.25) is 0 Å². The molecule has 1 saturated carbocycles. The van der Waals surface area contributed by atoms with Crippen molar-refractivity contribution in [3.63, 3.8) is 0 Å². The Hall–Kier alpha value is -3.54. The summed E-state index contributed by atoms with van der Waals surface area (Å²) in [4.78, 5) is 27.1. The first-order chi connectivity index (χ1) is 23.8. The number of aryl methyl sites for hydroxylation is 2. The first-order valence-electron chi connectivity index (χ1n) is 19.3. The van der Waals surface area contributed by atoms with Gasteiger partial charge in [0, 0.05) is 11.1 Å². The molecule has 1 aliphatic carbocycles. The fraction of sp³-hybridized carbons (Fsp3) is 0.591. The van der Waals surface area contributed by atoms with Crippen LogP contribution in [0.15, 0.2) is 47.6 Å². The molecular formula is C44H64O6. The van der Waals surface area contributed by atoms with Crippen LogP contribution < -0.4 is 9.47 Å². The summed E-state index contributed by atoms with van der Waals surface area (Å²) in [6.07, 6.45) is 17.0. The van der Waals surface area contributed by atoms with Crippen LogP contribution in [0.3, 0.4) is 0 Å². The molecule has 0 saturated heterocycles. The number of unbranched alkanes of at least 4 members (excludes halogenated alkanes) is 4. The Balaban J connectivity index is 1.95. The zero-order valence-electron chi connectivity index (χ0n) is 32.2. The van der Waals surface area contributed by atoms with Crippen LogP contribution in [0, 0.1) is 17.8 Å². The zero-order valence-corrected chi connectivity index (χ0v) is 32.2. The maximum absolute atomic E-state index is 13.6. The smallest absolute Gasteiger partial charge is 0.423 e. The normalized spacial score (nSPS) is 17.9. The molecular weight excluding hydrogens is 624 g/mol. The number of benzene rings is 2. The van der Waals surface area contributed by atoms with Crippen molar-refractivity contribution in [2.24, 2.45) is 17.8 Å². The van der Waals surface area contributed by atoms with Crippen molar-refractivity contribution in [2.45, 2.75) is 151 Å². The minimum atomic E-state index is -1.15. The maximum Gasteiger partial charge on any atom is 0.423 e. The van der Waals surface area contributed by atoms with Crippen LogP contribution in [-0.2, 0) is 28.9 Å². The molecule has 0 aliphatic heterocycles. The van der Waals surface area contributed by atoms with E-state index in [2.05, 4.69) is 61.5 Å². The lowest BCUT2D eigenvalue weighted by molar-refractivity contribution is -0.156. The molecule has 0 heterocycles. The summed E-state index contributed by atoms with van der Waals surface area (Å²) in [7, 11) is 0. The summed E-state index contributed by atoms with van der Waals surface area (Å²) in [5.41, 5.74) is 5.22. The molecule has 1 fully saturated rings. The predicted octanol–water partition coefficient (Wildman–Crippen LogP) is 11.5. The van der Waals surface area contributed by atoms with Gasteiger partial charge in [-0.05, 0) is 138 Å². The fourth-order valence-electron chi connectivity index (χ4n) is 7.34. The number of phenolic OH excluding ortho intramolecular Hbond substituents is 2. The zero-order chi connectivity index (χ0) is 36.8. The van der Waals surface area contributed by atoms with Crippen LogP contribution in [0.5, 0.6) is 23.0 Å². The van der Waals surface area contributed by atoms with Crippen molar-refractivity contribution in [1.82, 2.24) is 0 Å². The van der Waals surface area contributed by atoms with Gasteiger partial charge in [0.15, 0.2) is 0 Å². The van der Waals surface area contributed by atoms with Gasteiger partial charge in [0.25, 0.3) is 0 Å². The van der Waals surface area contributed by atoms with E-state index in [9.17, 15) is 19.8 Å². The molecule has 276 valence electrons. The molecule has 2 aromatic rings. The molecule has 6 heteroatoms. The van der Waals surface area contributed by atoms with E-state index >= 15 is 0 Å². The van der Waals surface area contributed by atoms with Crippen LogP contribution in [0.2, 0.25) is 0 Å². The molecule has 2 aromatic carbocycles. The third-order valence-corrected chi connectivity index (χ3v) is 10.3. The molecule has 1 aliphatic rings. The topological polar surface area (TPSA) is 93.1 Å². The van der Waals surface area contributed by atoms with Crippen molar-refractivity contribution in [3.8, 4) is 23.0 Å². The monoisotopic (exact) mass is 688 g/mol. The Morgan fingerprint density at radius 3 is 1.98 bits per heavy atom. The molecule has 0 aromatic heterocycles. The second kappa shape index (κ2) is 20.3. The van der Waals surface area contributed by atoms with E-state index in [4.69, 9.17) is 9.47 Å². The van der Waals surface area contributed by atoms with Gasteiger partial charge < -0.3 is 19.7 Å². The Kier molecular flexibility index (Phi) is 16.6. The van der Waals surface area contributed by atoms with Crippen LogP contribution in [-0.4, -0.2) is 22.2 Å². The number of hydrogen-bond acceptors (Lipinski definition) is 6. The molecule has 0 radical (unpaired) electrons. The molecule has 3 rings (SSSR count). The number of rotatable bonds is 17. The standard InChI is InChI=1S/C44H64O6/c1-9-11-13-18-33-25-38(45)36(23-20-31(7)17-15-16-29(3)4)40(27-33)49-43(47)44(48)50-41-28-34(19-14-12-10-2)26-39(46)42(41)37-24-32(8)21-22-35(37)30(5)6/h16,20,25-28,30,32,35,37,45-46H,9-15,17-19,21-24H2,1-8H3/b31-20+/t32-,35+,37-/m1/s1. The van der Waals surface area contributed by atoms with Crippen molar-refractivity contribution >= 4 is 11.9 Å². The minimum absolute atomic E-state index is 0.00243. The highest BCUT2D eigenvalue weighted by Gasteiger charge is 2.36. The van der Waals surface area contributed by atoms with Gasteiger partial charge in [-0.1, -0.05) is 90.0 Å². The SMILES string of the molecule is CCCCCc1cc(O)c(C/C=C(\C)CCC=C(C)C)c(OC(=O)C(=O)Oc2cc(CCCCC)cc(O)c2[C@@H]2C[C@H](C)CC[C@H]2C(C)C)c1. The van der Waals surface area contributed by atoms with E-state index in [0.29, 0.717) is 35.3 Å². The number of aromatic hydroxyl groups is 2. The summed E-state index contributed by atoms with van der Waals surface area (Å²) in [5, 5.41) is 22.6. The molecule has 6 nitrogen and oxygen atoms in total. The molecule has 2 N–H and O–H groups in total. The average Bonchev–Trinajstić information content (AvgIpc) is 3.04. The summed E-state index contributed by atoms with van der Waals surface area (Å²) < 4.78 is 11.7. The van der Waals surface area contributed by atoms with Crippen molar-refractivity contribution < 1.29 is 29.3 Å². The maximum atomic E-state index is 13.6. The summed E-state index contributed by atoms with van der Waals surface area (Å²) in [5.74, 6) is -0.558. The lowest BCUT2D eigenvalue weighted by Crippen LogP contribution is -2.29. The highest BCUT2D eigenvalue weighted by molar-refractivity contribution is 6.31. The number of esters is 2. The first kappa shape index (κ1) is 40.9. The number of allylic oxidation sites excluding steroid dienone is 4. The van der Waals surface area contributed by atoms with Gasteiger partial charge in [0.05, 0.1) is 0 Å². The van der Waals surface area contributed by atoms with E-state index in [1.807, 2.05) is 18.2 Å². The van der Waals surface area contributed by atoms with E-state index in [-0.39, 0.29) is 28.9 Å². The fourth-order valence-corrected chi connectivity index (χ4v) is 7.34. The van der Waals surface area contributed by atoms with Crippen molar-refractivity contribution in [2.75, 3.05) is 0 Å². The molecule has 50 heavy (non-hydrogen) atoms. The van der Waals surface area contributed by atoms with Gasteiger partial charge in [0.1, 0.15) is 23.0 Å². The van der Waals surface area contributed by atoms with Gasteiger partial charge in [-0.25, -0.2) is 9.59 Å². The third-order valence-electron chi connectivity index (χ3n) is 10.3. The number of ether oxygens (including phenoxy) is 2. The molecule has 0 amide bonds. The van der Waals surface area contributed by atoms with Crippen LogP contribution in [0.25, 0.3) is 0 Å². The Labute approximate surface area is 302 Å². The van der Waals surface area contributed by atoms with Gasteiger partial charge in [-0.2, -0.15) is 0 Å². The summed E-state index contributed by atoms with van der Waals surface area (Å²) >= 11 is 0. The Bertz CT molecular complexity index is 1480. The van der Waals surface area contributed by atoms with Gasteiger partial charge >= 0.3 is 11.9 Å². The van der Waals surface area contributed by atoms with E-state index in [0.717, 1.165) is 100 Å². The van der Waals surface area contributed by atoms with Gasteiger partial charge in [0.2, 0.25) is 0 Å². The van der Waals surface area contributed by atoms with Crippen molar-refractivity contribution in [1.29, 1.82) is 0 Å². The lowest BCUT2D eigenvalue weighted by Gasteiger charge is -2.38. The molecule has 0 spiro atoms. The lowest BCUT2D eigenvalue weighted by atomic mass is 9.67. The molecule has 3 atom stereocenters. The van der Waals surface area contributed by atoms with Gasteiger partial charge in [-0.15, -0.1) is 0 Å². The van der Waals surface area contributed by atoms with E-state index in [1.54, 1.807) is 12.1 Å². The van der Waals surface area contributed by atoms with E-state index < -0.39 is 11.9 Å². The molecule has 0 unspecified atom stereocenters. The number of phenols is 2. The second-order valence-electron chi connectivity index (χ2n) is 15.3. The number of carbonyl (C=O) groups is 2. The number of hydrogen-bond donors (Lipinski definition) is 2. The van der Waals surface area contributed by atoms with Crippen LogP contribution in [0.4, 0.5) is 0 Å². The highest BCUT2D eigenvalue weighted by Crippen LogP contribution is 2.50. The Morgan fingerprint density at radius 2 is 1.40 bits per heavy atom. The summed E-state index contributed by atoms with van der Waals surface area (Å²) in [6.45, 7) is 17.1. The number of carbonyl (C=O) groups excluding carboxylic acids is 2. The van der Waals surface area contributed by atoms with E-state index in [1.165, 1.54) is 5.57 Å². The highest BCUT2D eigenvalue weighted by atomic mass is 16.6. The first-order valence-corrected chi connectivity index (χ1v) is 19.3. The quantitative estimate of drug-likeness (QED) is 0.0565. The molecule has 0 bridgehead atoms. The largest absolute Gasteiger partial charge is 0.508 e. The predicted molar refractivity (Wildman–Crippen MR) is 204 cm³/mol. The second-order valence-corrected chi connectivity index (χ2v) is 15.3. The third kappa shape index (κ3) is 12.3. The van der Waals surface area contributed by atoms with Crippen molar-refractivity contribution in [3.05, 3.63) is 69.8 Å². The van der Waals surface area contributed by atoms with Crippen LogP contribution in [0.1, 0.15) is 154 Å². The Morgan fingerprint density at radius 1 is 0.820 bits per heavy atom.